The lowest BCUT2D eigenvalue weighted by Crippen LogP contribution is -2.19. The largest absolute Gasteiger partial charge is 0.488 e. The zero-order valence-corrected chi connectivity index (χ0v) is 10.9. The molecule has 0 radical (unpaired) electrons. The Morgan fingerprint density at radius 1 is 1.44 bits per heavy atom. The number of ether oxygens (including phenoxy) is 1. The molecule has 100 valence electrons. The van der Waals surface area contributed by atoms with E-state index in [1.807, 2.05) is 6.92 Å². The first kappa shape index (κ1) is 14.4. The van der Waals surface area contributed by atoms with E-state index >= 15 is 0 Å². The number of anilines is 1. The molecule has 0 saturated carbocycles. The van der Waals surface area contributed by atoms with Gasteiger partial charge in [-0.1, -0.05) is 20.8 Å². The van der Waals surface area contributed by atoms with Gasteiger partial charge in [-0.3, -0.25) is 10.1 Å². The summed E-state index contributed by atoms with van der Waals surface area (Å²) in [7, 11) is 0. The Bertz CT molecular complexity index is 379. The Balaban J connectivity index is 2.50. The van der Waals surface area contributed by atoms with Gasteiger partial charge in [-0.2, -0.15) is 0 Å². The molecule has 6 nitrogen and oxygen atoms in total. The second-order valence-electron chi connectivity index (χ2n) is 4.26. The van der Waals surface area contributed by atoms with Crippen LogP contribution in [-0.4, -0.2) is 33.7 Å². The van der Waals surface area contributed by atoms with E-state index in [2.05, 4.69) is 15.3 Å². The highest BCUT2D eigenvalue weighted by atomic mass is 16.5. The molecule has 6 heteroatoms. The highest BCUT2D eigenvalue weighted by Crippen LogP contribution is 2.10. The van der Waals surface area contributed by atoms with Crippen molar-refractivity contribution >= 4 is 11.9 Å². The number of carbonyl (C=O) groups is 1. The van der Waals surface area contributed by atoms with E-state index in [-0.39, 0.29) is 24.4 Å². The Morgan fingerprint density at radius 3 is 2.56 bits per heavy atom. The quantitative estimate of drug-likeness (QED) is 0.796. The van der Waals surface area contributed by atoms with E-state index < -0.39 is 6.10 Å². The Morgan fingerprint density at radius 2 is 2.06 bits per heavy atom. The van der Waals surface area contributed by atoms with E-state index in [0.29, 0.717) is 12.2 Å². The van der Waals surface area contributed by atoms with Crippen molar-refractivity contribution in [2.75, 3.05) is 11.9 Å². The normalized spacial score (nSPS) is 12.3. The summed E-state index contributed by atoms with van der Waals surface area (Å²) >= 11 is 0. The lowest BCUT2D eigenvalue weighted by atomic mass is 10.2. The van der Waals surface area contributed by atoms with Crippen molar-refractivity contribution in [2.24, 2.45) is 5.92 Å². The minimum absolute atomic E-state index is 0.121. The molecule has 0 fully saturated rings. The van der Waals surface area contributed by atoms with Crippen LogP contribution in [0.15, 0.2) is 12.4 Å². The second kappa shape index (κ2) is 6.90. The van der Waals surface area contributed by atoms with Crippen LogP contribution in [0.4, 0.5) is 5.95 Å². The van der Waals surface area contributed by atoms with Crippen LogP contribution in [0.3, 0.4) is 0 Å². The summed E-state index contributed by atoms with van der Waals surface area (Å²) in [4.78, 5) is 19.3. The highest BCUT2D eigenvalue weighted by molar-refractivity contribution is 5.90. The maximum absolute atomic E-state index is 11.4. The minimum Gasteiger partial charge on any atom is -0.488 e. The fraction of sp³-hybridized carbons (Fsp3) is 0.583. The third-order valence-electron chi connectivity index (χ3n) is 2.30. The van der Waals surface area contributed by atoms with Crippen molar-refractivity contribution < 1.29 is 14.6 Å². The Kier molecular flexibility index (Phi) is 5.51. The number of rotatable bonds is 6. The molecule has 1 aromatic rings. The summed E-state index contributed by atoms with van der Waals surface area (Å²) in [6.07, 6.45) is 3.06. The van der Waals surface area contributed by atoms with Gasteiger partial charge >= 0.3 is 0 Å². The van der Waals surface area contributed by atoms with E-state index in [4.69, 9.17) is 4.74 Å². The lowest BCUT2D eigenvalue weighted by molar-refractivity contribution is -0.118. The van der Waals surface area contributed by atoms with Crippen LogP contribution in [0.2, 0.25) is 0 Å². The van der Waals surface area contributed by atoms with Gasteiger partial charge in [0.05, 0.1) is 18.5 Å². The van der Waals surface area contributed by atoms with Gasteiger partial charge in [-0.05, 0) is 6.42 Å². The predicted molar refractivity (Wildman–Crippen MR) is 67.3 cm³/mol. The third-order valence-corrected chi connectivity index (χ3v) is 2.30. The van der Waals surface area contributed by atoms with Gasteiger partial charge in [0.1, 0.15) is 6.61 Å². The topological polar surface area (TPSA) is 84.3 Å². The minimum atomic E-state index is -0.495. The molecule has 0 aliphatic rings. The summed E-state index contributed by atoms with van der Waals surface area (Å²) in [6, 6.07) is 0. The van der Waals surface area contributed by atoms with Crippen LogP contribution in [0.1, 0.15) is 27.2 Å². The van der Waals surface area contributed by atoms with Gasteiger partial charge in [-0.25, -0.2) is 9.97 Å². The number of amides is 1. The first-order valence-corrected chi connectivity index (χ1v) is 5.96. The van der Waals surface area contributed by atoms with E-state index in [1.54, 1.807) is 13.8 Å². The molecular weight excluding hydrogens is 234 g/mol. The van der Waals surface area contributed by atoms with Crippen molar-refractivity contribution in [1.29, 1.82) is 0 Å². The van der Waals surface area contributed by atoms with Gasteiger partial charge in [0, 0.05) is 5.92 Å². The number of aromatic nitrogens is 2. The van der Waals surface area contributed by atoms with Gasteiger partial charge in [0.25, 0.3) is 0 Å². The smallest absolute Gasteiger partial charge is 0.229 e. The van der Waals surface area contributed by atoms with Crippen LogP contribution in [0, 0.1) is 5.92 Å². The predicted octanol–water partition coefficient (Wildman–Crippen LogP) is 1.22. The molecule has 1 amide bonds. The van der Waals surface area contributed by atoms with Crippen molar-refractivity contribution in [3.8, 4) is 5.75 Å². The third kappa shape index (κ3) is 4.67. The fourth-order valence-corrected chi connectivity index (χ4v) is 1.02. The SMILES string of the molecule is CC[C@H](O)COc1cnc(NC(=O)C(C)C)nc1. The second-order valence-corrected chi connectivity index (χ2v) is 4.26. The van der Waals surface area contributed by atoms with Gasteiger partial charge in [0.2, 0.25) is 11.9 Å². The Hall–Kier alpha value is -1.69. The first-order valence-electron chi connectivity index (χ1n) is 5.96. The number of aliphatic hydroxyl groups excluding tert-OH is 1. The molecule has 0 saturated heterocycles. The van der Waals surface area contributed by atoms with Crippen LogP contribution >= 0.6 is 0 Å². The zero-order valence-electron chi connectivity index (χ0n) is 10.9. The van der Waals surface area contributed by atoms with Crippen LogP contribution < -0.4 is 10.1 Å². The molecule has 0 bridgehead atoms. The standard InChI is InChI=1S/C12H19N3O3/c1-4-9(16)7-18-10-5-13-12(14-6-10)15-11(17)8(2)3/h5-6,8-9,16H,4,7H2,1-3H3,(H,13,14,15,17)/t9-/m0/s1. The Labute approximate surface area is 106 Å². The number of nitrogens with zero attached hydrogens (tertiary/aromatic N) is 2. The number of carbonyl (C=O) groups excluding carboxylic acids is 1. The van der Waals surface area contributed by atoms with Crippen LogP contribution in [0.25, 0.3) is 0 Å². The van der Waals surface area contributed by atoms with Crippen molar-refractivity contribution in [3.05, 3.63) is 12.4 Å². The van der Waals surface area contributed by atoms with Gasteiger partial charge < -0.3 is 9.84 Å². The van der Waals surface area contributed by atoms with Gasteiger partial charge in [0.15, 0.2) is 5.75 Å². The molecule has 0 unspecified atom stereocenters. The molecule has 1 heterocycles. The average molecular weight is 253 g/mol. The molecule has 2 N–H and O–H groups in total. The maximum atomic E-state index is 11.4. The lowest BCUT2D eigenvalue weighted by Gasteiger charge is -2.10. The number of nitrogens with one attached hydrogen (secondary N) is 1. The molecule has 0 aliphatic heterocycles. The molecule has 0 aliphatic carbocycles. The number of hydrogen-bond acceptors (Lipinski definition) is 5. The first-order chi connectivity index (χ1) is 8.52. The van der Waals surface area contributed by atoms with Crippen molar-refractivity contribution in [1.82, 2.24) is 9.97 Å². The molecule has 0 aromatic carbocycles. The molecule has 1 aromatic heterocycles. The van der Waals surface area contributed by atoms with Crippen LogP contribution in [0.5, 0.6) is 5.75 Å². The average Bonchev–Trinajstić information content (AvgIpc) is 2.37. The van der Waals surface area contributed by atoms with Crippen molar-refractivity contribution in [2.45, 2.75) is 33.3 Å². The zero-order chi connectivity index (χ0) is 13.5. The molecule has 18 heavy (non-hydrogen) atoms. The van der Waals surface area contributed by atoms with Crippen molar-refractivity contribution in [3.63, 3.8) is 0 Å². The maximum Gasteiger partial charge on any atom is 0.229 e. The molecule has 0 spiro atoms. The van der Waals surface area contributed by atoms with E-state index in [0.717, 1.165) is 0 Å². The summed E-state index contributed by atoms with van der Waals surface area (Å²) in [5, 5.41) is 11.9. The van der Waals surface area contributed by atoms with E-state index in [1.165, 1.54) is 12.4 Å². The summed E-state index contributed by atoms with van der Waals surface area (Å²) in [6.45, 7) is 5.66. The molecule has 1 rings (SSSR count). The molecular formula is C12H19N3O3. The molecule has 1 atom stereocenters. The number of hydrogen-bond donors (Lipinski definition) is 2. The fourth-order valence-electron chi connectivity index (χ4n) is 1.02. The van der Waals surface area contributed by atoms with Gasteiger partial charge in [-0.15, -0.1) is 0 Å². The highest BCUT2D eigenvalue weighted by Gasteiger charge is 2.09. The van der Waals surface area contributed by atoms with Crippen LogP contribution in [-0.2, 0) is 4.79 Å². The van der Waals surface area contributed by atoms with E-state index in [9.17, 15) is 9.90 Å². The summed E-state index contributed by atoms with van der Waals surface area (Å²) in [5.41, 5.74) is 0. The summed E-state index contributed by atoms with van der Waals surface area (Å²) < 4.78 is 5.28. The number of aliphatic hydroxyl groups is 1. The monoisotopic (exact) mass is 253 g/mol. The summed E-state index contributed by atoms with van der Waals surface area (Å²) in [5.74, 6) is 0.455.